The van der Waals surface area contributed by atoms with Crippen molar-refractivity contribution in [2.75, 3.05) is 0 Å². The summed E-state index contributed by atoms with van der Waals surface area (Å²) >= 11 is 0. The lowest BCUT2D eigenvalue weighted by atomic mass is 10.4. The van der Waals surface area contributed by atoms with E-state index in [9.17, 15) is 9.59 Å². The molecule has 22 heavy (non-hydrogen) atoms. The third kappa shape index (κ3) is 5.74. The maximum absolute atomic E-state index is 11.1. The van der Waals surface area contributed by atoms with Crippen LogP contribution in [0, 0.1) is 0 Å². The predicted octanol–water partition coefficient (Wildman–Crippen LogP) is 1.56. The van der Waals surface area contributed by atoms with Gasteiger partial charge in [-0.1, -0.05) is 12.2 Å². The molecule has 0 spiro atoms. The molecule has 1 aliphatic heterocycles. The highest BCUT2D eigenvalue weighted by Crippen LogP contribution is 2.25. The first-order valence-corrected chi connectivity index (χ1v) is 6.66. The molecule has 0 N–H and O–H groups in total. The quantitative estimate of drug-likeness (QED) is 0.539. The third-order valence-corrected chi connectivity index (χ3v) is 2.24. The molecule has 0 amide bonds. The molecule has 0 aromatic carbocycles. The summed E-state index contributed by atoms with van der Waals surface area (Å²) < 4.78 is 31.3. The number of allylic oxidation sites excluding steroid dienone is 2. The summed E-state index contributed by atoms with van der Waals surface area (Å²) in [5, 5.41) is 0. The molecule has 1 fully saturated rings. The van der Waals surface area contributed by atoms with Gasteiger partial charge in [-0.3, -0.25) is 19.1 Å². The number of hydrogen-bond acceptors (Lipinski definition) is 8. The molecular formula is C14H20O8. The van der Waals surface area contributed by atoms with Crippen LogP contribution in [0.15, 0.2) is 24.7 Å². The van der Waals surface area contributed by atoms with Crippen LogP contribution in [0.1, 0.15) is 27.7 Å². The highest BCUT2D eigenvalue weighted by molar-refractivity contribution is 5.67. The van der Waals surface area contributed by atoms with Gasteiger partial charge in [0.25, 0.3) is 25.2 Å². The van der Waals surface area contributed by atoms with Gasteiger partial charge in [0.1, 0.15) is 0 Å². The summed E-state index contributed by atoms with van der Waals surface area (Å²) in [4.78, 5) is 22.2. The van der Waals surface area contributed by atoms with E-state index in [1.54, 1.807) is 26.0 Å². The van der Waals surface area contributed by atoms with E-state index >= 15 is 0 Å². The van der Waals surface area contributed by atoms with Crippen LogP contribution in [0.25, 0.3) is 0 Å². The van der Waals surface area contributed by atoms with Gasteiger partial charge in [-0.05, 0) is 13.8 Å². The van der Waals surface area contributed by atoms with E-state index in [-0.39, 0.29) is 0 Å². The minimum Gasteiger partial charge on any atom is -0.466 e. The SMILES string of the molecule is C/C=C/O[C@@H]1O[C@@H](OC(C)=O)[C@H](OC(C)=O)O[C@H]1O/C=C/C. The lowest BCUT2D eigenvalue weighted by Gasteiger charge is -2.38. The molecule has 0 aromatic rings. The third-order valence-electron chi connectivity index (χ3n) is 2.24. The average molecular weight is 316 g/mol. The van der Waals surface area contributed by atoms with Gasteiger partial charge in [-0.2, -0.15) is 0 Å². The first-order chi connectivity index (χ1) is 10.5. The van der Waals surface area contributed by atoms with Gasteiger partial charge in [0.15, 0.2) is 0 Å². The summed E-state index contributed by atoms with van der Waals surface area (Å²) in [5.74, 6) is -1.24. The van der Waals surface area contributed by atoms with Crippen molar-refractivity contribution in [2.24, 2.45) is 0 Å². The van der Waals surface area contributed by atoms with Gasteiger partial charge in [0, 0.05) is 13.8 Å². The number of carbonyl (C=O) groups is 2. The molecule has 1 aliphatic rings. The zero-order chi connectivity index (χ0) is 16.5. The van der Waals surface area contributed by atoms with E-state index in [0.29, 0.717) is 0 Å². The first kappa shape index (κ1) is 18.0. The van der Waals surface area contributed by atoms with Crippen LogP contribution in [0.3, 0.4) is 0 Å². The zero-order valence-corrected chi connectivity index (χ0v) is 12.9. The summed E-state index contributed by atoms with van der Waals surface area (Å²) in [5.41, 5.74) is 0. The highest BCUT2D eigenvalue weighted by Gasteiger charge is 2.44. The maximum Gasteiger partial charge on any atom is 0.305 e. The number of hydrogen-bond donors (Lipinski definition) is 0. The molecule has 1 saturated heterocycles. The molecule has 0 saturated carbocycles. The van der Waals surface area contributed by atoms with Crippen LogP contribution in [0.4, 0.5) is 0 Å². The fourth-order valence-corrected chi connectivity index (χ4v) is 1.52. The topological polar surface area (TPSA) is 89.5 Å². The fourth-order valence-electron chi connectivity index (χ4n) is 1.52. The fraction of sp³-hybridized carbons (Fsp3) is 0.571. The van der Waals surface area contributed by atoms with E-state index in [4.69, 9.17) is 28.4 Å². The molecule has 8 nitrogen and oxygen atoms in total. The molecule has 1 heterocycles. The minimum absolute atomic E-state index is 0.622. The number of carbonyl (C=O) groups excluding carboxylic acids is 2. The van der Waals surface area contributed by atoms with Crippen molar-refractivity contribution >= 4 is 11.9 Å². The Kier molecular flexibility index (Phi) is 7.41. The number of rotatable bonds is 6. The molecule has 1 rings (SSSR count). The van der Waals surface area contributed by atoms with E-state index in [0.717, 1.165) is 0 Å². The monoisotopic (exact) mass is 316 g/mol. The van der Waals surface area contributed by atoms with Crippen molar-refractivity contribution in [2.45, 2.75) is 52.9 Å². The van der Waals surface area contributed by atoms with Gasteiger partial charge >= 0.3 is 11.9 Å². The van der Waals surface area contributed by atoms with Crippen LogP contribution in [0.2, 0.25) is 0 Å². The molecule has 0 bridgehead atoms. The van der Waals surface area contributed by atoms with Crippen molar-refractivity contribution in [3.63, 3.8) is 0 Å². The number of esters is 2. The molecular weight excluding hydrogens is 296 g/mol. The maximum atomic E-state index is 11.1. The van der Waals surface area contributed by atoms with Crippen molar-refractivity contribution in [1.82, 2.24) is 0 Å². The van der Waals surface area contributed by atoms with Crippen LogP contribution >= 0.6 is 0 Å². The second kappa shape index (κ2) is 9.06. The second-order valence-electron chi connectivity index (χ2n) is 4.18. The Morgan fingerprint density at radius 3 is 1.41 bits per heavy atom. The van der Waals surface area contributed by atoms with Crippen LogP contribution in [-0.4, -0.2) is 37.1 Å². The largest absolute Gasteiger partial charge is 0.466 e. The molecule has 0 radical (unpaired) electrons. The molecule has 124 valence electrons. The van der Waals surface area contributed by atoms with Crippen molar-refractivity contribution in [3.05, 3.63) is 24.7 Å². The van der Waals surface area contributed by atoms with E-state index in [1.807, 2.05) is 0 Å². The molecule has 4 atom stereocenters. The Hall–Kier alpha value is -2.06. The molecule has 0 aliphatic carbocycles. The summed E-state index contributed by atoms with van der Waals surface area (Å²) in [6.45, 7) is 5.88. The zero-order valence-electron chi connectivity index (χ0n) is 12.9. The lowest BCUT2D eigenvalue weighted by Crippen LogP contribution is -2.53. The standard InChI is InChI=1S/C14H20O8/c1-5-7-17-11-12(18-8-6-2)22-14(20-10(4)16)13(21-11)19-9(3)15/h5-8,11-14H,1-4H3/b7-5+,8-6+/t11-,12-,13-,14-/m1/s1. The summed E-state index contributed by atoms with van der Waals surface area (Å²) in [6.07, 6.45) is 1.47. The van der Waals surface area contributed by atoms with Crippen molar-refractivity contribution in [1.29, 1.82) is 0 Å². The molecule has 8 heteroatoms. The predicted molar refractivity (Wildman–Crippen MR) is 72.7 cm³/mol. The Balaban J connectivity index is 2.87. The van der Waals surface area contributed by atoms with Gasteiger partial charge < -0.3 is 18.9 Å². The smallest absolute Gasteiger partial charge is 0.305 e. The lowest BCUT2D eigenvalue weighted by molar-refractivity contribution is -0.412. The van der Waals surface area contributed by atoms with Gasteiger partial charge in [-0.15, -0.1) is 0 Å². The minimum atomic E-state index is -1.26. The van der Waals surface area contributed by atoms with Gasteiger partial charge in [0.05, 0.1) is 12.5 Å². The molecule has 0 unspecified atom stereocenters. The van der Waals surface area contributed by atoms with E-state index in [2.05, 4.69) is 0 Å². The Morgan fingerprint density at radius 1 is 0.773 bits per heavy atom. The average Bonchev–Trinajstić information content (AvgIpc) is 2.44. The summed E-state index contributed by atoms with van der Waals surface area (Å²) in [7, 11) is 0. The van der Waals surface area contributed by atoms with E-state index in [1.165, 1.54) is 26.4 Å². The Morgan fingerprint density at radius 2 is 1.14 bits per heavy atom. The van der Waals surface area contributed by atoms with Crippen molar-refractivity contribution in [3.8, 4) is 0 Å². The van der Waals surface area contributed by atoms with Crippen LogP contribution < -0.4 is 0 Å². The number of ether oxygens (including phenoxy) is 6. The Labute approximate surface area is 128 Å². The van der Waals surface area contributed by atoms with Crippen LogP contribution in [-0.2, 0) is 38.0 Å². The second-order valence-corrected chi connectivity index (χ2v) is 4.18. The first-order valence-electron chi connectivity index (χ1n) is 6.66. The Bertz CT molecular complexity index is 391. The van der Waals surface area contributed by atoms with Crippen molar-refractivity contribution < 1.29 is 38.0 Å². The highest BCUT2D eigenvalue weighted by atomic mass is 16.9. The normalized spacial score (nSPS) is 28.5. The van der Waals surface area contributed by atoms with Gasteiger partial charge in [0.2, 0.25) is 0 Å². The summed E-state index contributed by atoms with van der Waals surface area (Å²) in [6, 6.07) is 0. The van der Waals surface area contributed by atoms with E-state index < -0.39 is 37.1 Å². The molecule has 0 aromatic heterocycles. The van der Waals surface area contributed by atoms with Crippen LogP contribution in [0.5, 0.6) is 0 Å². The van der Waals surface area contributed by atoms with Gasteiger partial charge in [-0.25, -0.2) is 0 Å².